The predicted octanol–water partition coefficient (Wildman–Crippen LogP) is 5.98. The van der Waals surface area contributed by atoms with Crippen LogP contribution in [0.15, 0.2) is 66.9 Å². The lowest BCUT2D eigenvalue weighted by molar-refractivity contribution is -0.120. The molecule has 0 saturated carbocycles. The van der Waals surface area contributed by atoms with Crippen LogP contribution in [0.2, 0.25) is 5.02 Å². The molecule has 4 aromatic rings. The molecule has 1 fully saturated rings. The first-order chi connectivity index (χ1) is 19.8. The van der Waals surface area contributed by atoms with Crippen molar-refractivity contribution in [3.05, 3.63) is 100.0 Å². The van der Waals surface area contributed by atoms with E-state index in [2.05, 4.69) is 40.3 Å². The van der Waals surface area contributed by atoms with Gasteiger partial charge in [-0.2, -0.15) is 0 Å². The van der Waals surface area contributed by atoms with Gasteiger partial charge in [0.1, 0.15) is 29.8 Å². The van der Waals surface area contributed by atoms with Crippen LogP contribution in [0.4, 0.5) is 15.0 Å². The zero-order valence-electron chi connectivity index (χ0n) is 22.7. The van der Waals surface area contributed by atoms with Crippen molar-refractivity contribution in [2.45, 2.75) is 39.1 Å². The number of benzene rings is 3. The number of nitrogens with zero attached hydrogens (tertiary/aromatic N) is 4. The molecule has 0 spiro atoms. The number of fused-ring (bicyclic) bond motifs is 1. The molecule has 8 nitrogen and oxygen atoms in total. The lowest BCUT2D eigenvalue weighted by Gasteiger charge is -2.26. The largest absolute Gasteiger partial charge is 0.489 e. The average Bonchev–Trinajstić information content (AvgIpc) is 3.48. The standard InChI is InChI=1S/C31H29ClFN5O3/c1-19-24-14-21(30-34-15-29(36(30)2)38-13-12-28(39)35-31(38)40)8-9-22(24)17-37(19)16-20-6-10-23(11-7-20)41-18-25-26(32)4-3-5-27(25)33/h3-11,14-15,19H,12-13,16-18H2,1-2H3,(H,35,39,40)/t19-/m1/s1. The predicted molar refractivity (Wildman–Crippen MR) is 154 cm³/mol. The molecule has 1 atom stereocenters. The Morgan fingerprint density at radius 1 is 1.12 bits per heavy atom. The summed E-state index contributed by atoms with van der Waals surface area (Å²) >= 11 is 6.11. The highest BCUT2D eigenvalue weighted by molar-refractivity contribution is 6.31. The number of imidazole rings is 1. The van der Waals surface area contributed by atoms with Crippen molar-refractivity contribution < 1.29 is 18.7 Å². The molecular weight excluding hydrogens is 545 g/mol. The lowest BCUT2D eigenvalue weighted by Crippen LogP contribution is -2.50. The van der Waals surface area contributed by atoms with Crippen LogP contribution in [0.3, 0.4) is 0 Å². The molecule has 3 aromatic carbocycles. The van der Waals surface area contributed by atoms with Gasteiger partial charge in [-0.05, 0) is 53.9 Å². The first-order valence-corrected chi connectivity index (χ1v) is 13.8. The van der Waals surface area contributed by atoms with E-state index in [-0.39, 0.29) is 30.8 Å². The van der Waals surface area contributed by atoms with E-state index in [9.17, 15) is 14.0 Å². The van der Waals surface area contributed by atoms with Crippen molar-refractivity contribution in [3.8, 4) is 17.1 Å². The van der Waals surface area contributed by atoms with E-state index < -0.39 is 6.03 Å². The van der Waals surface area contributed by atoms with E-state index in [0.717, 1.165) is 30.0 Å². The minimum atomic E-state index is -0.428. The maximum absolute atomic E-state index is 14.0. The number of carbonyl (C=O) groups is 2. The van der Waals surface area contributed by atoms with Crippen molar-refractivity contribution in [2.75, 3.05) is 11.4 Å². The Kier molecular flexibility index (Phi) is 7.23. The van der Waals surface area contributed by atoms with Gasteiger partial charge in [-0.25, -0.2) is 14.2 Å². The van der Waals surface area contributed by atoms with Crippen molar-refractivity contribution in [2.24, 2.45) is 7.05 Å². The molecule has 0 radical (unpaired) electrons. The number of anilines is 1. The molecule has 0 bridgehead atoms. The summed E-state index contributed by atoms with van der Waals surface area (Å²) < 4.78 is 21.7. The number of hydrogen-bond acceptors (Lipinski definition) is 5. The highest BCUT2D eigenvalue weighted by atomic mass is 35.5. The smallest absolute Gasteiger partial charge is 0.329 e. The highest BCUT2D eigenvalue weighted by Gasteiger charge is 2.29. The van der Waals surface area contributed by atoms with Gasteiger partial charge in [0.2, 0.25) is 5.91 Å². The van der Waals surface area contributed by atoms with Crippen LogP contribution in [0.1, 0.15) is 41.6 Å². The molecule has 6 rings (SSSR count). The SMILES string of the molecule is C[C@@H]1c2cc(-c3ncc(N4CCC(=O)NC4=O)n3C)ccc2CN1Cc1ccc(OCc2c(F)cccc2Cl)cc1. The Bertz CT molecular complexity index is 1620. The summed E-state index contributed by atoms with van der Waals surface area (Å²) in [6.45, 7) is 4.18. The molecular formula is C31H29ClFN5O3. The quantitative estimate of drug-likeness (QED) is 0.294. The van der Waals surface area contributed by atoms with Gasteiger partial charge in [-0.3, -0.25) is 19.9 Å². The number of amides is 3. The minimum Gasteiger partial charge on any atom is -0.489 e. The Balaban J connectivity index is 1.12. The van der Waals surface area contributed by atoms with Gasteiger partial charge in [0.15, 0.2) is 0 Å². The first-order valence-electron chi connectivity index (χ1n) is 13.4. The molecule has 0 unspecified atom stereocenters. The van der Waals surface area contributed by atoms with Crippen LogP contribution in [0, 0.1) is 5.82 Å². The first kappa shape index (κ1) is 27.0. The molecule has 3 amide bonds. The van der Waals surface area contributed by atoms with Crippen molar-refractivity contribution in [1.29, 1.82) is 0 Å². The normalized spacial score (nSPS) is 17.1. The van der Waals surface area contributed by atoms with Crippen molar-refractivity contribution >= 4 is 29.4 Å². The summed E-state index contributed by atoms with van der Waals surface area (Å²) in [7, 11) is 1.88. The van der Waals surface area contributed by atoms with E-state index in [1.165, 1.54) is 17.2 Å². The Morgan fingerprint density at radius 2 is 1.93 bits per heavy atom. The van der Waals surface area contributed by atoms with Gasteiger partial charge >= 0.3 is 6.03 Å². The second kappa shape index (κ2) is 11.0. The number of aromatic nitrogens is 2. The number of hydrogen-bond donors (Lipinski definition) is 1. The van der Waals surface area contributed by atoms with Crippen LogP contribution < -0.4 is 15.0 Å². The van der Waals surface area contributed by atoms with Gasteiger partial charge in [0.05, 0.1) is 11.2 Å². The fourth-order valence-electron chi connectivity index (χ4n) is 5.47. The zero-order valence-corrected chi connectivity index (χ0v) is 23.5. The summed E-state index contributed by atoms with van der Waals surface area (Å²) in [4.78, 5) is 32.4. The molecule has 41 heavy (non-hydrogen) atoms. The molecule has 2 aliphatic heterocycles. The fourth-order valence-corrected chi connectivity index (χ4v) is 5.68. The van der Waals surface area contributed by atoms with Crippen molar-refractivity contribution in [3.63, 3.8) is 0 Å². The van der Waals surface area contributed by atoms with Gasteiger partial charge in [0.25, 0.3) is 0 Å². The van der Waals surface area contributed by atoms with E-state index in [1.807, 2.05) is 35.9 Å². The molecule has 10 heteroatoms. The van der Waals surface area contributed by atoms with Gasteiger partial charge in [-0.15, -0.1) is 0 Å². The van der Waals surface area contributed by atoms with Gasteiger partial charge in [-0.1, -0.05) is 41.9 Å². The number of ether oxygens (including phenoxy) is 1. The topological polar surface area (TPSA) is 79.7 Å². The molecule has 2 aliphatic rings. The minimum absolute atomic E-state index is 0.0635. The summed E-state index contributed by atoms with van der Waals surface area (Å²) in [6.07, 6.45) is 1.93. The summed E-state index contributed by atoms with van der Waals surface area (Å²) in [5.74, 6) is 1.41. The van der Waals surface area contributed by atoms with E-state index in [0.29, 0.717) is 28.7 Å². The summed E-state index contributed by atoms with van der Waals surface area (Å²) in [5.41, 5.74) is 4.97. The molecule has 3 heterocycles. The summed E-state index contributed by atoms with van der Waals surface area (Å²) in [6, 6.07) is 18.6. The monoisotopic (exact) mass is 573 g/mol. The van der Waals surface area contributed by atoms with E-state index in [1.54, 1.807) is 23.2 Å². The molecule has 1 N–H and O–H groups in total. The third kappa shape index (κ3) is 5.30. The number of halogens is 2. The Hall–Kier alpha value is -4.21. The third-order valence-corrected chi connectivity index (χ3v) is 8.18. The second-order valence-corrected chi connectivity index (χ2v) is 10.8. The number of imide groups is 1. The summed E-state index contributed by atoms with van der Waals surface area (Å²) in [5, 5.41) is 2.71. The van der Waals surface area contributed by atoms with E-state index >= 15 is 0 Å². The van der Waals surface area contributed by atoms with Crippen LogP contribution in [0.5, 0.6) is 5.75 Å². The number of nitrogens with one attached hydrogen (secondary N) is 1. The lowest BCUT2D eigenvalue weighted by atomic mass is 10.0. The Morgan fingerprint density at radius 3 is 2.68 bits per heavy atom. The van der Waals surface area contributed by atoms with Crippen molar-refractivity contribution in [1.82, 2.24) is 19.8 Å². The Labute approximate surface area is 242 Å². The van der Waals surface area contributed by atoms with Crippen LogP contribution in [-0.2, 0) is 31.5 Å². The number of urea groups is 1. The van der Waals surface area contributed by atoms with E-state index in [4.69, 9.17) is 16.3 Å². The number of rotatable bonds is 7. The maximum Gasteiger partial charge on any atom is 0.329 e. The maximum atomic E-state index is 14.0. The highest BCUT2D eigenvalue weighted by Crippen LogP contribution is 2.37. The zero-order chi connectivity index (χ0) is 28.7. The molecule has 1 aromatic heterocycles. The molecule has 0 aliphatic carbocycles. The number of carbonyl (C=O) groups excluding carboxylic acids is 2. The van der Waals surface area contributed by atoms with Gasteiger partial charge in [0, 0.05) is 50.3 Å². The van der Waals surface area contributed by atoms with Gasteiger partial charge < -0.3 is 9.30 Å². The van der Waals surface area contributed by atoms with Crippen LogP contribution in [0.25, 0.3) is 11.4 Å². The average molecular weight is 574 g/mol. The van der Waals surface area contributed by atoms with Crippen LogP contribution >= 0.6 is 11.6 Å². The second-order valence-electron chi connectivity index (χ2n) is 10.4. The fraction of sp³-hybridized carbons (Fsp3) is 0.258. The third-order valence-electron chi connectivity index (χ3n) is 7.82. The van der Waals surface area contributed by atoms with Crippen LogP contribution in [-0.4, -0.2) is 32.9 Å². The molecule has 1 saturated heterocycles. The molecule has 210 valence electrons.